The number of benzene rings is 2. The van der Waals surface area contributed by atoms with Crippen molar-refractivity contribution in [1.29, 1.82) is 0 Å². The van der Waals surface area contributed by atoms with Crippen molar-refractivity contribution in [2.24, 2.45) is 0 Å². The van der Waals surface area contributed by atoms with Crippen molar-refractivity contribution in [3.05, 3.63) is 78.6 Å². The molecule has 1 fully saturated rings. The Kier molecular flexibility index (Phi) is 5.47. The Labute approximate surface area is 186 Å². The van der Waals surface area contributed by atoms with E-state index in [-0.39, 0.29) is 24.4 Å². The first-order valence-corrected chi connectivity index (χ1v) is 11.1. The van der Waals surface area contributed by atoms with Gasteiger partial charge >= 0.3 is 0 Å². The van der Waals surface area contributed by atoms with Crippen molar-refractivity contribution < 1.29 is 14.0 Å². The van der Waals surface area contributed by atoms with Gasteiger partial charge in [0.15, 0.2) is 0 Å². The number of para-hydroxylation sites is 1. The van der Waals surface area contributed by atoms with E-state index in [1.165, 1.54) is 23.5 Å². The van der Waals surface area contributed by atoms with Crippen LogP contribution in [0.1, 0.15) is 43.7 Å². The smallest absolute Gasteiger partial charge is 0.255 e. The minimum Gasteiger partial charge on any atom is -0.328 e. The predicted molar refractivity (Wildman–Crippen MR) is 120 cm³/mol. The molecule has 2 heterocycles. The number of carbonyl (C=O) groups excluding carboxylic acids is 2. The molecule has 32 heavy (non-hydrogen) atoms. The summed E-state index contributed by atoms with van der Waals surface area (Å²) in [6, 6.07) is 12.8. The topological polar surface area (TPSA) is 58.4 Å². The lowest BCUT2D eigenvalue weighted by atomic mass is 9.94. The van der Waals surface area contributed by atoms with Gasteiger partial charge in [0.25, 0.3) is 5.91 Å². The molecule has 1 aliphatic carbocycles. The molecular formula is C25H25FN4O2. The van der Waals surface area contributed by atoms with Gasteiger partial charge in [-0.3, -0.25) is 14.5 Å². The number of aromatic nitrogens is 2. The van der Waals surface area contributed by atoms with Gasteiger partial charge in [-0.2, -0.15) is 0 Å². The van der Waals surface area contributed by atoms with Crippen LogP contribution in [-0.4, -0.2) is 27.4 Å². The maximum absolute atomic E-state index is 14.2. The van der Waals surface area contributed by atoms with Crippen LogP contribution < -0.4 is 9.80 Å². The summed E-state index contributed by atoms with van der Waals surface area (Å²) in [6.07, 6.45) is 10.1. The quantitative estimate of drug-likeness (QED) is 0.598. The van der Waals surface area contributed by atoms with Crippen molar-refractivity contribution in [2.75, 3.05) is 9.80 Å². The Morgan fingerprint density at radius 3 is 2.66 bits per heavy atom. The van der Waals surface area contributed by atoms with Crippen LogP contribution >= 0.6 is 0 Å². The Bertz CT molecular complexity index is 1120. The number of hydrogen-bond acceptors (Lipinski definition) is 3. The van der Waals surface area contributed by atoms with E-state index in [4.69, 9.17) is 0 Å². The standard InChI is InChI=1S/C25H25FN4O2/c26-18-7-6-10-20(15-18)30(23(31)16-28-14-13-27-17-28)24-21-11-4-5-12-22(21)29(25(24)32)19-8-2-1-3-9-19/h4-7,10-15,17,19,24H,1-3,8-9,16H2. The molecule has 164 valence electrons. The van der Waals surface area contributed by atoms with Gasteiger partial charge in [-0.25, -0.2) is 9.37 Å². The highest BCUT2D eigenvalue weighted by molar-refractivity contribution is 6.11. The lowest BCUT2D eigenvalue weighted by Gasteiger charge is -2.33. The first-order valence-electron chi connectivity index (χ1n) is 11.1. The molecule has 2 aromatic carbocycles. The number of halogens is 1. The van der Waals surface area contributed by atoms with Crippen molar-refractivity contribution in [2.45, 2.75) is 50.7 Å². The number of nitrogens with zero attached hydrogens (tertiary/aromatic N) is 4. The molecule has 3 aromatic rings. The number of rotatable bonds is 5. The monoisotopic (exact) mass is 432 g/mol. The number of anilines is 2. The lowest BCUT2D eigenvalue weighted by molar-refractivity contribution is -0.125. The second-order valence-corrected chi connectivity index (χ2v) is 8.44. The highest BCUT2D eigenvalue weighted by atomic mass is 19.1. The number of amides is 2. The second-order valence-electron chi connectivity index (χ2n) is 8.44. The van der Waals surface area contributed by atoms with E-state index in [0.29, 0.717) is 5.69 Å². The predicted octanol–water partition coefficient (Wildman–Crippen LogP) is 4.48. The van der Waals surface area contributed by atoms with Crippen LogP contribution in [0.15, 0.2) is 67.3 Å². The van der Waals surface area contributed by atoms with Crippen LogP contribution in [0.25, 0.3) is 0 Å². The minimum atomic E-state index is -0.828. The summed E-state index contributed by atoms with van der Waals surface area (Å²) < 4.78 is 15.8. The number of carbonyl (C=O) groups is 2. The fraction of sp³-hybridized carbons (Fsp3) is 0.320. The molecule has 1 unspecified atom stereocenters. The fourth-order valence-electron chi connectivity index (χ4n) is 4.96. The van der Waals surface area contributed by atoms with Crippen molar-refractivity contribution in [1.82, 2.24) is 9.55 Å². The van der Waals surface area contributed by atoms with Crippen molar-refractivity contribution in [3.63, 3.8) is 0 Å². The normalized spacial score (nSPS) is 18.6. The number of fused-ring (bicyclic) bond motifs is 1. The molecule has 2 aliphatic rings. The highest BCUT2D eigenvalue weighted by Crippen LogP contribution is 2.44. The Morgan fingerprint density at radius 2 is 1.91 bits per heavy atom. The van der Waals surface area contributed by atoms with Gasteiger partial charge in [0.2, 0.25) is 5.91 Å². The van der Waals surface area contributed by atoms with Gasteiger partial charge in [0.1, 0.15) is 18.4 Å². The first-order chi connectivity index (χ1) is 15.6. The Hall–Kier alpha value is -3.48. The summed E-state index contributed by atoms with van der Waals surface area (Å²) in [5.41, 5.74) is 2.01. The molecule has 7 heteroatoms. The zero-order valence-electron chi connectivity index (χ0n) is 17.7. The molecule has 0 bridgehead atoms. The summed E-state index contributed by atoms with van der Waals surface area (Å²) in [5, 5.41) is 0. The third-order valence-electron chi connectivity index (χ3n) is 6.39. The lowest BCUT2D eigenvalue weighted by Crippen LogP contribution is -2.46. The van der Waals surface area contributed by atoms with Gasteiger partial charge in [-0.1, -0.05) is 43.5 Å². The second kappa shape index (κ2) is 8.57. The van der Waals surface area contributed by atoms with E-state index in [0.717, 1.165) is 36.9 Å². The van der Waals surface area contributed by atoms with Crippen molar-refractivity contribution in [3.8, 4) is 0 Å². The van der Waals surface area contributed by atoms with Crippen LogP contribution in [0.2, 0.25) is 0 Å². The maximum Gasteiger partial charge on any atom is 0.255 e. The van der Waals surface area contributed by atoms with Crippen LogP contribution in [0.4, 0.5) is 15.8 Å². The molecule has 0 spiro atoms. The van der Waals surface area contributed by atoms with Crippen LogP contribution in [0.5, 0.6) is 0 Å². The van der Waals surface area contributed by atoms with Gasteiger partial charge in [-0.15, -0.1) is 0 Å². The number of hydrogen-bond donors (Lipinski definition) is 0. The van der Waals surface area contributed by atoms with Gasteiger partial charge < -0.3 is 9.47 Å². The third kappa shape index (κ3) is 3.68. The summed E-state index contributed by atoms with van der Waals surface area (Å²) >= 11 is 0. The number of imidazole rings is 1. The largest absolute Gasteiger partial charge is 0.328 e. The van der Waals surface area contributed by atoms with Crippen LogP contribution in [0, 0.1) is 5.82 Å². The summed E-state index contributed by atoms with van der Waals surface area (Å²) in [4.78, 5) is 34.8. The summed E-state index contributed by atoms with van der Waals surface area (Å²) in [5.74, 6) is -0.876. The molecule has 1 atom stereocenters. The Morgan fingerprint density at radius 1 is 1.09 bits per heavy atom. The molecule has 2 amide bonds. The van der Waals surface area contributed by atoms with E-state index in [9.17, 15) is 14.0 Å². The van der Waals surface area contributed by atoms with Crippen LogP contribution in [-0.2, 0) is 16.1 Å². The SMILES string of the molecule is O=C1C(N(C(=O)Cn2ccnc2)c2cccc(F)c2)c2ccccc2N1C1CCCCC1. The fourth-order valence-corrected chi connectivity index (χ4v) is 4.96. The zero-order chi connectivity index (χ0) is 22.1. The van der Waals surface area contributed by atoms with Gasteiger partial charge in [-0.05, 0) is 37.1 Å². The van der Waals surface area contributed by atoms with E-state index in [2.05, 4.69) is 4.98 Å². The summed E-state index contributed by atoms with van der Waals surface area (Å²) in [6.45, 7) is 0.00584. The average Bonchev–Trinajstić information content (AvgIpc) is 3.41. The molecule has 1 aliphatic heterocycles. The molecule has 0 radical (unpaired) electrons. The Balaban J connectivity index is 1.58. The molecular weight excluding hydrogens is 407 g/mol. The van der Waals surface area contributed by atoms with E-state index < -0.39 is 11.9 Å². The van der Waals surface area contributed by atoms with Gasteiger partial charge in [0, 0.05) is 35.4 Å². The first kappa shape index (κ1) is 20.4. The summed E-state index contributed by atoms with van der Waals surface area (Å²) in [7, 11) is 0. The minimum absolute atomic E-state index is 0.00584. The maximum atomic E-state index is 14.2. The zero-order valence-corrected chi connectivity index (χ0v) is 17.7. The van der Waals surface area contributed by atoms with E-state index in [1.54, 1.807) is 35.4 Å². The van der Waals surface area contributed by atoms with E-state index in [1.807, 2.05) is 29.2 Å². The highest BCUT2D eigenvalue weighted by Gasteiger charge is 2.45. The van der Waals surface area contributed by atoms with Gasteiger partial charge in [0.05, 0.1) is 6.33 Å². The molecule has 1 aromatic heterocycles. The van der Waals surface area contributed by atoms with Crippen molar-refractivity contribution >= 4 is 23.2 Å². The molecule has 0 saturated heterocycles. The van der Waals surface area contributed by atoms with E-state index >= 15 is 0 Å². The molecule has 1 saturated carbocycles. The van der Waals surface area contributed by atoms with Crippen LogP contribution in [0.3, 0.4) is 0 Å². The molecule has 6 nitrogen and oxygen atoms in total. The molecule has 5 rings (SSSR count). The average molecular weight is 432 g/mol. The third-order valence-corrected chi connectivity index (χ3v) is 6.39. The molecule has 0 N–H and O–H groups in total.